The van der Waals surface area contributed by atoms with E-state index in [0.717, 1.165) is 17.5 Å². The predicted octanol–water partition coefficient (Wildman–Crippen LogP) is 4.63. The van der Waals surface area contributed by atoms with Crippen LogP contribution in [0.5, 0.6) is 0 Å². The lowest BCUT2D eigenvalue weighted by Crippen LogP contribution is -2.18. The summed E-state index contributed by atoms with van der Waals surface area (Å²) in [5.74, 6) is 0.187. The molecule has 0 aliphatic heterocycles. The standard InChI is InChI=1S/C15H20BrNO2/c1-9(15(2,3)4)7-11(16)10-5-6-12-13(8-10)19-14(18)17-12/h5-6,8-9,11H,7H2,1-4H3,(H,17,18). The Morgan fingerprint density at radius 1 is 1.37 bits per heavy atom. The number of hydrogen-bond donors (Lipinski definition) is 1. The van der Waals surface area contributed by atoms with E-state index in [9.17, 15) is 4.79 Å². The van der Waals surface area contributed by atoms with Crippen molar-refractivity contribution in [3.8, 4) is 0 Å². The summed E-state index contributed by atoms with van der Waals surface area (Å²) in [6, 6.07) is 5.86. The van der Waals surface area contributed by atoms with E-state index in [1.54, 1.807) is 0 Å². The highest BCUT2D eigenvalue weighted by atomic mass is 79.9. The molecule has 0 saturated heterocycles. The predicted molar refractivity (Wildman–Crippen MR) is 81.7 cm³/mol. The largest absolute Gasteiger partial charge is 0.417 e. The molecule has 0 radical (unpaired) electrons. The molecule has 2 rings (SSSR count). The zero-order chi connectivity index (χ0) is 14.2. The molecule has 1 heterocycles. The van der Waals surface area contributed by atoms with Gasteiger partial charge in [0.1, 0.15) is 0 Å². The number of nitrogens with one attached hydrogen (secondary N) is 1. The fourth-order valence-electron chi connectivity index (χ4n) is 1.96. The Balaban J connectivity index is 2.21. The highest BCUT2D eigenvalue weighted by Gasteiger charge is 2.23. The molecule has 0 amide bonds. The van der Waals surface area contributed by atoms with Crippen molar-refractivity contribution in [1.29, 1.82) is 0 Å². The van der Waals surface area contributed by atoms with Gasteiger partial charge in [0, 0.05) is 4.83 Å². The number of benzene rings is 1. The minimum atomic E-state index is -0.402. The summed E-state index contributed by atoms with van der Waals surface area (Å²) in [6.45, 7) is 9.03. The van der Waals surface area contributed by atoms with E-state index in [4.69, 9.17) is 4.42 Å². The third-order valence-electron chi connectivity index (χ3n) is 3.85. The molecule has 1 aromatic carbocycles. The Hall–Kier alpha value is -1.03. The maximum absolute atomic E-state index is 11.1. The molecule has 104 valence electrons. The molecule has 2 atom stereocenters. The first-order valence-corrected chi connectivity index (χ1v) is 7.46. The first kappa shape index (κ1) is 14.4. The number of H-pyrrole nitrogens is 1. The van der Waals surface area contributed by atoms with E-state index in [0.29, 0.717) is 11.5 Å². The topological polar surface area (TPSA) is 46.0 Å². The number of aromatic amines is 1. The van der Waals surface area contributed by atoms with E-state index >= 15 is 0 Å². The molecule has 2 unspecified atom stereocenters. The van der Waals surface area contributed by atoms with Crippen LogP contribution in [0.4, 0.5) is 0 Å². The second kappa shape index (κ2) is 5.16. The summed E-state index contributed by atoms with van der Waals surface area (Å²) in [5, 5.41) is 0. The average molecular weight is 326 g/mol. The molecule has 0 fully saturated rings. The molecule has 19 heavy (non-hydrogen) atoms. The number of alkyl halides is 1. The zero-order valence-corrected chi connectivity index (χ0v) is 13.4. The van der Waals surface area contributed by atoms with Crippen molar-refractivity contribution in [2.24, 2.45) is 11.3 Å². The Labute approximate surface area is 121 Å². The molecule has 3 nitrogen and oxygen atoms in total. The number of fused-ring (bicyclic) bond motifs is 1. The van der Waals surface area contributed by atoms with Crippen LogP contribution in [-0.2, 0) is 0 Å². The first-order chi connectivity index (χ1) is 8.77. The molecule has 4 heteroatoms. The van der Waals surface area contributed by atoms with Crippen LogP contribution in [0, 0.1) is 11.3 Å². The van der Waals surface area contributed by atoms with Gasteiger partial charge in [-0.25, -0.2) is 4.79 Å². The van der Waals surface area contributed by atoms with Gasteiger partial charge in [0.25, 0.3) is 0 Å². The van der Waals surface area contributed by atoms with Crippen molar-refractivity contribution in [3.05, 3.63) is 34.3 Å². The summed E-state index contributed by atoms with van der Waals surface area (Å²) in [6.07, 6.45) is 1.05. The van der Waals surface area contributed by atoms with Crippen LogP contribution in [0.1, 0.15) is 44.5 Å². The van der Waals surface area contributed by atoms with Gasteiger partial charge in [-0.3, -0.25) is 4.98 Å². The minimum absolute atomic E-state index is 0.270. The summed E-state index contributed by atoms with van der Waals surface area (Å²) < 4.78 is 5.10. The molecular weight excluding hydrogens is 306 g/mol. The fraction of sp³-hybridized carbons (Fsp3) is 0.533. The Bertz CT molecular complexity index is 621. The van der Waals surface area contributed by atoms with Gasteiger partial charge in [-0.1, -0.05) is 49.7 Å². The van der Waals surface area contributed by atoms with Crippen molar-refractivity contribution in [3.63, 3.8) is 0 Å². The number of oxazole rings is 1. The van der Waals surface area contributed by atoms with Gasteiger partial charge in [-0.05, 0) is 35.4 Å². The van der Waals surface area contributed by atoms with Crippen LogP contribution >= 0.6 is 15.9 Å². The van der Waals surface area contributed by atoms with Gasteiger partial charge >= 0.3 is 5.76 Å². The van der Waals surface area contributed by atoms with Gasteiger partial charge in [-0.2, -0.15) is 0 Å². The van der Waals surface area contributed by atoms with Crippen LogP contribution in [0.2, 0.25) is 0 Å². The SMILES string of the molecule is CC(CC(Br)c1ccc2[nH]c(=O)oc2c1)C(C)(C)C. The lowest BCUT2D eigenvalue weighted by atomic mass is 9.79. The van der Waals surface area contributed by atoms with Crippen molar-refractivity contribution in [2.75, 3.05) is 0 Å². The van der Waals surface area contributed by atoms with Crippen molar-refractivity contribution < 1.29 is 4.42 Å². The first-order valence-electron chi connectivity index (χ1n) is 6.54. The molecular formula is C15H20BrNO2. The molecule has 0 aliphatic rings. The highest BCUT2D eigenvalue weighted by Crippen LogP contribution is 2.37. The van der Waals surface area contributed by atoms with Crippen molar-refractivity contribution in [2.45, 2.75) is 38.9 Å². The van der Waals surface area contributed by atoms with Crippen molar-refractivity contribution >= 4 is 27.0 Å². The lowest BCUT2D eigenvalue weighted by Gasteiger charge is -2.29. The third-order valence-corrected chi connectivity index (χ3v) is 4.75. The van der Waals surface area contributed by atoms with Gasteiger partial charge in [0.15, 0.2) is 5.58 Å². The van der Waals surface area contributed by atoms with Crippen LogP contribution in [0.3, 0.4) is 0 Å². The van der Waals surface area contributed by atoms with Gasteiger partial charge < -0.3 is 4.42 Å². The van der Waals surface area contributed by atoms with Crippen molar-refractivity contribution in [1.82, 2.24) is 4.98 Å². The Morgan fingerprint density at radius 2 is 2.05 bits per heavy atom. The molecule has 1 N–H and O–H groups in total. The quantitative estimate of drug-likeness (QED) is 0.836. The van der Waals surface area contributed by atoms with Crippen LogP contribution < -0.4 is 5.76 Å². The molecule has 0 aliphatic carbocycles. The van der Waals surface area contributed by atoms with E-state index in [1.807, 2.05) is 18.2 Å². The van der Waals surface area contributed by atoms with Crippen LogP contribution in [0.25, 0.3) is 11.1 Å². The maximum atomic E-state index is 11.1. The van der Waals surface area contributed by atoms with Gasteiger partial charge in [0.05, 0.1) is 5.52 Å². The van der Waals surface area contributed by atoms with Gasteiger partial charge in [-0.15, -0.1) is 0 Å². The molecule has 1 aromatic heterocycles. The minimum Gasteiger partial charge on any atom is -0.408 e. The monoisotopic (exact) mass is 325 g/mol. The van der Waals surface area contributed by atoms with E-state index < -0.39 is 5.76 Å². The van der Waals surface area contributed by atoms with Gasteiger partial charge in [0.2, 0.25) is 0 Å². The second-order valence-corrected chi connectivity index (χ2v) is 7.35. The number of hydrogen-bond acceptors (Lipinski definition) is 2. The zero-order valence-electron chi connectivity index (χ0n) is 11.8. The lowest BCUT2D eigenvalue weighted by molar-refractivity contribution is 0.246. The van der Waals surface area contributed by atoms with E-state index in [-0.39, 0.29) is 10.2 Å². The molecule has 0 saturated carbocycles. The summed E-state index contributed by atoms with van der Waals surface area (Å²) in [4.78, 5) is 14.1. The summed E-state index contributed by atoms with van der Waals surface area (Å²) in [5.41, 5.74) is 2.80. The normalized spacial score (nSPS) is 15.6. The number of aromatic nitrogens is 1. The smallest absolute Gasteiger partial charge is 0.408 e. The highest BCUT2D eigenvalue weighted by molar-refractivity contribution is 9.09. The summed E-state index contributed by atoms with van der Waals surface area (Å²) >= 11 is 3.74. The third kappa shape index (κ3) is 3.30. The average Bonchev–Trinajstić information content (AvgIpc) is 2.66. The number of halogens is 1. The van der Waals surface area contributed by atoms with Crippen LogP contribution in [0.15, 0.2) is 27.4 Å². The molecule has 0 bridgehead atoms. The number of rotatable bonds is 3. The van der Waals surface area contributed by atoms with E-state index in [2.05, 4.69) is 48.6 Å². The Kier molecular flexibility index (Phi) is 3.90. The Morgan fingerprint density at radius 3 is 2.68 bits per heavy atom. The molecule has 2 aromatic rings. The second-order valence-electron chi connectivity index (χ2n) is 6.24. The van der Waals surface area contributed by atoms with E-state index in [1.165, 1.54) is 0 Å². The van der Waals surface area contributed by atoms with Crippen LogP contribution in [-0.4, -0.2) is 4.98 Å². The summed E-state index contributed by atoms with van der Waals surface area (Å²) in [7, 11) is 0. The molecule has 0 spiro atoms. The maximum Gasteiger partial charge on any atom is 0.417 e. The fourth-order valence-corrected chi connectivity index (χ4v) is 2.80.